The van der Waals surface area contributed by atoms with Crippen molar-refractivity contribution in [3.05, 3.63) is 34.1 Å². The lowest BCUT2D eigenvalue weighted by atomic mass is 9.84. The van der Waals surface area contributed by atoms with Crippen LogP contribution >= 0.6 is 0 Å². The highest BCUT2D eigenvalue weighted by Crippen LogP contribution is 2.39. The minimum absolute atomic E-state index is 0.197. The van der Waals surface area contributed by atoms with Gasteiger partial charge in [0.25, 0.3) is 0 Å². The topological polar surface area (TPSA) is 35.5 Å². The van der Waals surface area contributed by atoms with E-state index in [1.165, 1.54) is 11.1 Å². The predicted octanol–water partition coefficient (Wildman–Crippen LogP) is 3.77. The van der Waals surface area contributed by atoms with Crippen LogP contribution in [0.15, 0.2) is 34.1 Å². The lowest BCUT2D eigenvalue weighted by Crippen LogP contribution is -2.25. The van der Waals surface area contributed by atoms with Crippen molar-refractivity contribution in [1.82, 2.24) is 0 Å². The number of allylic oxidation sites excluding steroid dienone is 2. The van der Waals surface area contributed by atoms with Crippen LogP contribution in [0.2, 0.25) is 0 Å². The molecule has 110 valence electrons. The zero-order valence-electron chi connectivity index (χ0n) is 13.3. The Morgan fingerprint density at radius 1 is 1.35 bits per heavy atom. The summed E-state index contributed by atoms with van der Waals surface area (Å²) >= 11 is 0. The first-order valence-electron chi connectivity index (χ1n) is 7.11. The smallest absolute Gasteiger partial charge is 0.316 e. The van der Waals surface area contributed by atoms with Crippen LogP contribution in [0.1, 0.15) is 41.5 Å². The van der Waals surface area contributed by atoms with E-state index < -0.39 is 5.41 Å². The summed E-state index contributed by atoms with van der Waals surface area (Å²) in [6.07, 6.45) is 2.04. The van der Waals surface area contributed by atoms with E-state index in [1.807, 2.05) is 40.7 Å². The van der Waals surface area contributed by atoms with Crippen LogP contribution in [-0.4, -0.2) is 19.2 Å². The molecule has 0 aromatic rings. The van der Waals surface area contributed by atoms with Crippen molar-refractivity contribution in [2.24, 2.45) is 11.3 Å². The van der Waals surface area contributed by atoms with Gasteiger partial charge in [-0.1, -0.05) is 5.57 Å². The molecule has 1 atom stereocenters. The van der Waals surface area contributed by atoms with E-state index in [1.54, 1.807) is 0 Å². The van der Waals surface area contributed by atoms with Gasteiger partial charge in [-0.15, -0.1) is 0 Å². The third-order valence-electron chi connectivity index (χ3n) is 3.77. The molecule has 0 radical (unpaired) electrons. The molecule has 1 fully saturated rings. The lowest BCUT2D eigenvalue weighted by Gasteiger charge is -2.26. The number of rotatable bonds is 1. The van der Waals surface area contributed by atoms with E-state index in [0.29, 0.717) is 19.0 Å². The van der Waals surface area contributed by atoms with E-state index in [9.17, 15) is 4.79 Å². The Morgan fingerprint density at radius 3 is 2.55 bits per heavy atom. The summed E-state index contributed by atoms with van der Waals surface area (Å²) in [5.41, 5.74) is 4.23. The van der Waals surface area contributed by atoms with Crippen LogP contribution in [0, 0.1) is 11.3 Å². The SMILES string of the molecule is CC(C)=C1C(OC(=O)C(C)(C)C)=CC2COCC2=C1C. The number of carbonyl (C=O) groups excluding carboxylic acids is 1. The van der Waals surface area contributed by atoms with Crippen molar-refractivity contribution < 1.29 is 14.3 Å². The molecule has 0 bridgehead atoms. The largest absolute Gasteiger partial charge is 0.426 e. The molecule has 0 N–H and O–H groups in total. The Labute approximate surface area is 121 Å². The molecule has 1 heterocycles. The van der Waals surface area contributed by atoms with Crippen molar-refractivity contribution in [3.63, 3.8) is 0 Å². The highest BCUT2D eigenvalue weighted by Gasteiger charge is 2.33. The number of hydrogen-bond donors (Lipinski definition) is 0. The first-order valence-corrected chi connectivity index (χ1v) is 7.11. The van der Waals surface area contributed by atoms with Gasteiger partial charge in [-0.2, -0.15) is 0 Å². The minimum atomic E-state index is -0.502. The molecule has 0 spiro atoms. The monoisotopic (exact) mass is 276 g/mol. The van der Waals surface area contributed by atoms with Crippen molar-refractivity contribution >= 4 is 5.97 Å². The summed E-state index contributed by atoms with van der Waals surface area (Å²) in [6, 6.07) is 0. The standard InChI is InChI=1S/C17H24O3/c1-10(2)15-11(3)13-9-19-8-12(13)7-14(15)20-16(18)17(4,5)6/h7,12H,8-9H2,1-6H3. The summed E-state index contributed by atoms with van der Waals surface area (Å²) in [4.78, 5) is 12.2. The molecular formula is C17H24O3. The summed E-state index contributed by atoms with van der Waals surface area (Å²) in [7, 11) is 0. The number of fused-ring (bicyclic) bond motifs is 1. The molecule has 0 aromatic heterocycles. The highest BCUT2D eigenvalue weighted by molar-refractivity contribution is 5.77. The molecule has 0 aromatic carbocycles. The number of esters is 1. The van der Waals surface area contributed by atoms with Gasteiger partial charge < -0.3 is 9.47 Å². The third-order valence-corrected chi connectivity index (χ3v) is 3.77. The summed E-state index contributed by atoms with van der Waals surface area (Å²) in [6.45, 7) is 13.2. The molecule has 1 unspecified atom stereocenters. The molecule has 1 aliphatic carbocycles. The van der Waals surface area contributed by atoms with E-state index in [4.69, 9.17) is 9.47 Å². The Bertz CT molecular complexity index is 523. The zero-order valence-corrected chi connectivity index (χ0v) is 13.3. The Hall–Kier alpha value is -1.35. The van der Waals surface area contributed by atoms with Gasteiger partial charge in [0, 0.05) is 11.5 Å². The zero-order chi connectivity index (χ0) is 15.1. The van der Waals surface area contributed by atoms with E-state index in [0.717, 1.165) is 11.1 Å². The molecule has 2 aliphatic rings. The van der Waals surface area contributed by atoms with Crippen LogP contribution in [0.25, 0.3) is 0 Å². The van der Waals surface area contributed by atoms with Gasteiger partial charge in [0.1, 0.15) is 5.76 Å². The van der Waals surface area contributed by atoms with Crippen LogP contribution in [0.5, 0.6) is 0 Å². The Balaban J connectivity index is 2.37. The van der Waals surface area contributed by atoms with Gasteiger partial charge in [-0.25, -0.2) is 0 Å². The number of ether oxygens (including phenoxy) is 2. The van der Waals surface area contributed by atoms with E-state index in [-0.39, 0.29) is 11.9 Å². The molecule has 3 nitrogen and oxygen atoms in total. The Kier molecular flexibility index (Phi) is 3.92. The van der Waals surface area contributed by atoms with Crippen LogP contribution in [-0.2, 0) is 14.3 Å². The maximum absolute atomic E-state index is 12.2. The fraction of sp³-hybridized carbons (Fsp3) is 0.588. The van der Waals surface area contributed by atoms with Gasteiger partial charge in [0.15, 0.2) is 0 Å². The van der Waals surface area contributed by atoms with Gasteiger partial charge in [-0.05, 0) is 58.8 Å². The first-order chi connectivity index (χ1) is 9.21. The van der Waals surface area contributed by atoms with E-state index >= 15 is 0 Å². The van der Waals surface area contributed by atoms with Crippen molar-refractivity contribution in [2.75, 3.05) is 13.2 Å². The number of hydrogen-bond acceptors (Lipinski definition) is 3. The van der Waals surface area contributed by atoms with Crippen molar-refractivity contribution in [3.8, 4) is 0 Å². The molecule has 3 heteroatoms. The Morgan fingerprint density at radius 2 is 2.00 bits per heavy atom. The second kappa shape index (κ2) is 5.21. The highest BCUT2D eigenvalue weighted by atomic mass is 16.5. The molecule has 1 saturated heterocycles. The second-order valence-corrected chi connectivity index (χ2v) is 6.82. The van der Waals surface area contributed by atoms with Crippen LogP contribution in [0.4, 0.5) is 0 Å². The fourth-order valence-electron chi connectivity index (χ4n) is 2.61. The quantitative estimate of drug-likeness (QED) is 0.684. The first kappa shape index (κ1) is 15.0. The minimum Gasteiger partial charge on any atom is -0.426 e. The second-order valence-electron chi connectivity index (χ2n) is 6.82. The molecule has 20 heavy (non-hydrogen) atoms. The summed E-state index contributed by atoms with van der Waals surface area (Å²) < 4.78 is 11.2. The van der Waals surface area contributed by atoms with Crippen molar-refractivity contribution in [2.45, 2.75) is 41.5 Å². The van der Waals surface area contributed by atoms with Gasteiger partial charge in [0.05, 0.1) is 18.6 Å². The van der Waals surface area contributed by atoms with Crippen molar-refractivity contribution in [1.29, 1.82) is 0 Å². The van der Waals surface area contributed by atoms with Gasteiger partial charge in [-0.3, -0.25) is 4.79 Å². The average molecular weight is 276 g/mol. The van der Waals surface area contributed by atoms with E-state index in [2.05, 4.69) is 6.92 Å². The molecule has 1 aliphatic heterocycles. The molecular weight excluding hydrogens is 252 g/mol. The van der Waals surface area contributed by atoms with Crippen LogP contribution in [0.3, 0.4) is 0 Å². The maximum Gasteiger partial charge on any atom is 0.316 e. The summed E-state index contributed by atoms with van der Waals surface area (Å²) in [5.74, 6) is 0.750. The van der Waals surface area contributed by atoms with Gasteiger partial charge in [0.2, 0.25) is 0 Å². The summed E-state index contributed by atoms with van der Waals surface area (Å²) in [5, 5.41) is 0. The van der Waals surface area contributed by atoms with Gasteiger partial charge >= 0.3 is 5.97 Å². The fourth-order valence-corrected chi connectivity index (χ4v) is 2.61. The normalized spacial score (nSPS) is 22.6. The molecule has 0 amide bonds. The molecule has 0 saturated carbocycles. The third kappa shape index (κ3) is 2.73. The maximum atomic E-state index is 12.2. The van der Waals surface area contributed by atoms with Crippen LogP contribution < -0.4 is 0 Å². The number of carbonyl (C=O) groups is 1. The predicted molar refractivity (Wildman–Crippen MR) is 79.0 cm³/mol. The lowest BCUT2D eigenvalue weighted by molar-refractivity contribution is -0.148. The average Bonchev–Trinajstić information content (AvgIpc) is 2.75. The molecule has 2 rings (SSSR count).